The van der Waals surface area contributed by atoms with E-state index in [0.29, 0.717) is 12.0 Å². The quantitative estimate of drug-likeness (QED) is 0.505. The maximum absolute atomic E-state index is 8.74. The minimum Gasteiger partial charge on any atom is -0.391 e. The Labute approximate surface area is 91.5 Å². The number of aliphatic hydroxyl groups excluding tert-OH is 1. The zero-order valence-corrected chi connectivity index (χ0v) is 9.48. The number of aliphatic hydroxyl groups is 1. The van der Waals surface area contributed by atoms with Crippen LogP contribution in [-0.2, 0) is 4.74 Å². The van der Waals surface area contributed by atoms with Crippen molar-refractivity contribution in [3.8, 4) is 0 Å². The van der Waals surface area contributed by atoms with Crippen LogP contribution in [0.1, 0.15) is 19.8 Å². The number of rotatable bonds is 4. The topological polar surface area (TPSA) is 46.1 Å². The van der Waals surface area contributed by atoms with Gasteiger partial charge >= 0.3 is 0 Å². The second-order valence-electron chi connectivity index (χ2n) is 4.80. The third-order valence-electron chi connectivity index (χ3n) is 3.67. The number of quaternary nitrogens is 1. The minimum absolute atomic E-state index is 0.259. The molecule has 0 aromatic carbocycles. The lowest BCUT2D eigenvalue weighted by atomic mass is 9.77. The first-order valence-corrected chi connectivity index (χ1v) is 6.02. The Hall–Kier alpha value is -0.380. The highest BCUT2D eigenvalue weighted by Gasteiger charge is 2.35. The minimum atomic E-state index is 0.259. The van der Waals surface area contributed by atoms with Crippen LogP contribution in [0.25, 0.3) is 0 Å². The van der Waals surface area contributed by atoms with E-state index in [1.165, 1.54) is 18.4 Å². The summed E-state index contributed by atoms with van der Waals surface area (Å²) in [5.41, 5.74) is 1.51. The molecule has 1 saturated heterocycles. The molecule has 0 aromatic rings. The van der Waals surface area contributed by atoms with Crippen LogP contribution in [0.5, 0.6) is 0 Å². The van der Waals surface area contributed by atoms with Gasteiger partial charge in [0.2, 0.25) is 0 Å². The molecule has 2 bridgehead atoms. The molecule has 0 aromatic heterocycles. The Morgan fingerprint density at radius 2 is 2.47 bits per heavy atom. The largest absolute Gasteiger partial charge is 0.391 e. The van der Waals surface area contributed by atoms with E-state index in [1.807, 2.05) is 0 Å². The fraction of sp³-hybridized carbons (Fsp3) is 0.833. The van der Waals surface area contributed by atoms with E-state index in [0.717, 1.165) is 25.6 Å². The molecular weight excluding hydrogens is 190 g/mol. The molecule has 86 valence electrons. The predicted molar refractivity (Wildman–Crippen MR) is 58.5 cm³/mol. The first kappa shape index (κ1) is 11.1. The van der Waals surface area contributed by atoms with Crippen LogP contribution in [0, 0.1) is 11.8 Å². The van der Waals surface area contributed by atoms with Crippen molar-refractivity contribution in [1.82, 2.24) is 0 Å². The highest BCUT2D eigenvalue weighted by atomic mass is 16.5. The zero-order chi connectivity index (χ0) is 10.7. The molecule has 0 saturated carbocycles. The molecule has 3 heteroatoms. The van der Waals surface area contributed by atoms with Crippen molar-refractivity contribution in [2.24, 2.45) is 11.8 Å². The van der Waals surface area contributed by atoms with Crippen molar-refractivity contribution in [3.05, 3.63) is 11.6 Å². The molecule has 3 N–H and O–H groups in total. The van der Waals surface area contributed by atoms with Crippen LogP contribution < -0.4 is 5.32 Å². The summed E-state index contributed by atoms with van der Waals surface area (Å²) >= 11 is 0. The summed E-state index contributed by atoms with van der Waals surface area (Å²) < 4.78 is 5.91. The van der Waals surface area contributed by atoms with Gasteiger partial charge in [0.15, 0.2) is 0 Å². The van der Waals surface area contributed by atoms with Gasteiger partial charge < -0.3 is 15.2 Å². The SMILES string of the molecule is CC1=CCC2COC(C[NH2+]CCO)C1C2. The molecule has 3 atom stereocenters. The van der Waals surface area contributed by atoms with Crippen LogP contribution >= 0.6 is 0 Å². The van der Waals surface area contributed by atoms with Gasteiger partial charge in [-0.1, -0.05) is 11.6 Å². The second-order valence-corrected chi connectivity index (χ2v) is 4.80. The van der Waals surface area contributed by atoms with Gasteiger partial charge in [-0.3, -0.25) is 0 Å². The van der Waals surface area contributed by atoms with Crippen molar-refractivity contribution in [3.63, 3.8) is 0 Å². The lowest BCUT2D eigenvalue weighted by Gasteiger charge is -2.39. The molecule has 0 amide bonds. The third-order valence-corrected chi connectivity index (χ3v) is 3.67. The monoisotopic (exact) mass is 212 g/mol. The van der Waals surface area contributed by atoms with Gasteiger partial charge in [-0.2, -0.15) is 0 Å². The van der Waals surface area contributed by atoms with Gasteiger partial charge in [-0.15, -0.1) is 0 Å². The molecule has 2 aliphatic rings. The van der Waals surface area contributed by atoms with Crippen molar-refractivity contribution < 1.29 is 15.2 Å². The van der Waals surface area contributed by atoms with Gasteiger partial charge in [0.05, 0.1) is 19.8 Å². The van der Waals surface area contributed by atoms with E-state index in [2.05, 4.69) is 18.3 Å². The highest BCUT2D eigenvalue weighted by molar-refractivity contribution is 5.12. The van der Waals surface area contributed by atoms with Crippen LogP contribution in [0.3, 0.4) is 0 Å². The summed E-state index contributed by atoms with van der Waals surface area (Å²) in [4.78, 5) is 0. The second kappa shape index (κ2) is 5.10. The molecule has 1 aliphatic carbocycles. The summed E-state index contributed by atoms with van der Waals surface area (Å²) in [5.74, 6) is 1.39. The Morgan fingerprint density at radius 1 is 1.60 bits per heavy atom. The van der Waals surface area contributed by atoms with E-state index in [9.17, 15) is 0 Å². The third kappa shape index (κ3) is 2.60. The summed E-state index contributed by atoms with van der Waals surface area (Å²) in [6.45, 7) is 5.20. The molecule has 1 aliphatic heterocycles. The maximum Gasteiger partial charge on any atom is 0.113 e. The number of nitrogens with two attached hydrogens (primary N) is 1. The summed E-state index contributed by atoms with van der Waals surface area (Å²) in [6.07, 6.45) is 5.26. The predicted octanol–water partition coefficient (Wildman–Crippen LogP) is -0.0866. The number of hydrogen-bond donors (Lipinski definition) is 2. The summed E-state index contributed by atoms with van der Waals surface area (Å²) in [7, 11) is 0. The molecule has 1 heterocycles. The molecule has 0 radical (unpaired) electrons. The van der Waals surface area contributed by atoms with E-state index in [4.69, 9.17) is 9.84 Å². The lowest BCUT2D eigenvalue weighted by Crippen LogP contribution is -2.87. The number of ether oxygens (including phenoxy) is 1. The fourth-order valence-electron chi connectivity index (χ4n) is 2.71. The molecule has 3 nitrogen and oxygen atoms in total. The Morgan fingerprint density at radius 3 is 3.27 bits per heavy atom. The van der Waals surface area contributed by atoms with Crippen LogP contribution in [0.15, 0.2) is 11.6 Å². The lowest BCUT2D eigenvalue weighted by molar-refractivity contribution is -0.664. The van der Waals surface area contributed by atoms with E-state index < -0.39 is 0 Å². The summed E-state index contributed by atoms with van der Waals surface area (Å²) in [6, 6.07) is 0. The first-order chi connectivity index (χ1) is 7.31. The zero-order valence-electron chi connectivity index (χ0n) is 9.48. The van der Waals surface area contributed by atoms with Crippen LogP contribution in [0.4, 0.5) is 0 Å². The average Bonchev–Trinajstić information content (AvgIpc) is 2.26. The Kier molecular flexibility index (Phi) is 3.78. The molecule has 1 fully saturated rings. The highest BCUT2D eigenvalue weighted by Crippen LogP contribution is 2.36. The van der Waals surface area contributed by atoms with Gasteiger partial charge in [-0.25, -0.2) is 0 Å². The number of hydrogen-bond acceptors (Lipinski definition) is 2. The van der Waals surface area contributed by atoms with E-state index in [-0.39, 0.29) is 6.61 Å². The van der Waals surface area contributed by atoms with Crippen molar-refractivity contribution in [2.75, 3.05) is 26.3 Å². The van der Waals surface area contributed by atoms with Crippen molar-refractivity contribution >= 4 is 0 Å². The maximum atomic E-state index is 8.74. The summed E-state index contributed by atoms with van der Waals surface area (Å²) in [5, 5.41) is 10.9. The van der Waals surface area contributed by atoms with Crippen LogP contribution in [-0.4, -0.2) is 37.5 Å². The van der Waals surface area contributed by atoms with Gasteiger partial charge in [-0.05, 0) is 25.7 Å². The van der Waals surface area contributed by atoms with Gasteiger partial charge in [0.25, 0.3) is 0 Å². The van der Waals surface area contributed by atoms with Gasteiger partial charge in [0, 0.05) is 5.92 Å². The van der Waals surface area contributed by atoms with Crippen LogP contribution in [0.2, 0.25) is 0 Å². The Bertz CT molecular complexity index is 240. The standard InChI is InChI=1S/C12H21NO2/c1-9-2-3-10-6-11(9)12(15-8-10)7-13-4-5-14/h2,10-14H,3-8H2,1H3/p+1. The molecule has 2 rings (SSSR count). The molecule has 3 unspecified atom stereocenters. The van der Waals surface area contributed by atoms with E-state index >= 15 is 0 Å². The van der Waals surface area contributed by atoms with Gasteiger partial charge in [0.1, 0.15) is 12.6 Å². The first-order valence-electron chi connectivity index (χ1n) is 6.02. The number of allylic oxidation sites excluding steroid dienone is 1. The average molecular weight is 212 g/mol. The smallest absolute Gasteiger partial charge is 0.113 e. The fourth-order valence-corrected chi connectivity index (χ4v) is 2.71. The Balaban J connectivity index is 1.89. The molecular formula is C12H22NO2+. The number of fused-ring (bicyclic) bond motifs is 2. The van der Waals surface area contributed by atoms with Crippen molar-refractivity contribution in [2.45, 2.75) is 25.9 Å². The molecule has 0 spiro atoms. The van der Waals surface area contributed by atoms with Crippen molar-refractivity contribution in [1.29, 1.82) is 0 Å². The molecule has 15 heavy (non-hydrogen) atoms. The normalized spacial score (nSPS) is 35.1. The van der Waals surface area contributed by atoms with E-state index in [1.54, 1.807) is 0 Å².